The van der Waals surface area contributed by atoms with Crippen molar-refractivity contribution in [1.82, 2.24) is 31.6 Å². The predicted octanol–water partition coefficient (Wildman–Crippen LogP) is 2.41. The standard InChI is InChI=1S/C29H35F2N7O7/c1-44-15-23-24(26(39)45-2)25(16-7-8-19(30)20(31)13-16)38(29(42)36-23)28(41)34-12-11-32-17-9-10-33-22(14-17)18-5-3-4-6-21(18)35-27(40)37-43/h3-8,13,17,22,25,32-33,43H,9-12,14-15H2,1-2H3,(H,34,41)(H,36,42)(H2,35,37,40)/t17?,22?,25-/m0/s1. The molecule has 0 aliphatic carbocycles. The van der Waals surface area contributed by atoms with Gasteiger partial charge < -0.3 is 36.1 Å². The fraction of sp³-hybridized carbons (Fsp3) is 0.379. The van der Waals surface area contributed by atoms with Crippen molar-refractivity contribution in [3.05, 3.63) is 76.5 Å². The highest BCUT2D eigenvalue weighted by molar-refractivity contribution is 6.01. The Hall–Kier alpha value is -4.64. The minimum absolute atomic E-state index is 0.0176. The molecule has 2 unspecified atom stereocenters. The first kappa shape index (κ1) is 33.3. The van der Waals surface area contributed by atoms with Crippen molar-refractivity contribution >= 4 is 29.8 Å². The molecule has 2 aliphatic rings. The molecule has 14 nitrogen and oxygen atoms in total. The van der Waals surface area contributed by atoms with Crippen molar-refractivity contribution in [1.29, 1.82) is 0 Å². The van der Waals surface area contributed by atoms with Crippen LogP contribution in [0.4, 0.5) is 28.9 Å². The number of rotatable bonds is 10. The molecule has 0 radical (unpaired) electrons. The molecule has 16 heteroatoms. The van der Waals surface area contributed by atoms with E-state index in [0.29, 0.717) is 30.1 Å². The summed E-state index contributed by atoms with van der Waals surface area (Å²) in [6, 6.07) is 5.96. The lowest BCUT2D eigenvalue weighted by atomic mass is 9.92. The molecule has 2 aromatic carbocycles. The van der Waals surface area contributed by atoms with E-state index < -0.39 is 41.7 Å². The number of para-hydroxylation sites is 1. The number of methoxy groups -OCH3 is 2. The molecule has 242 valence electrons. The first-order valence-corrected chi connectivity index (χ1v) is 14.1. The minimum Gasteiger partial charge on any atom is -0.466 e. The van der Waals surface area contributed by atoms with Crippen molar-refractivity contribution in [2.75, 3.05) is 45.8 Å². The van der Waals surface area contributed by atoms with Crippen LogP contribution in [0.5, 0.6) is 0 Å². The zero-order chi connectivity index (χ0) is 32.5. The maximum absolute atomic E-state index is 14.3. The van der Waals surface area contributed by atoms with Gasteiger partial charge in [0.1, 0.15) is 6.04 Å². The Bertz CT molecular complexity index is 1460. The van der Waals surface area contributed by atoms with Gasteiger partial charge in [-0.05, 0) is 48.7 Å². The van der Waals surface area contributed by atoms with Crippen LogP contribution >= 0.6 is 0 Å². The maximum atomic E-state index is 14.3. The van der Waals surface area contributed by atoms with Crippen LogP contribution in [0.3, 0.4) is 0 Å². The second kappa shape index (κ2) is 15.4. The van der Waals surface area contributed by atoms with Gasteiger partial charge in [-0.15, -0.1) is 0 Å². The van der Waals surface area contributed by atoms with Gasteiger partial charge in [0.25, 0.3) is 0 Å². The van der Waals surface area contributed by atoms with E-state index in [0.717, 1.165) is 31.2 Å². The molecule has 0 spiro atoms. The summed E-state index contributed by atoms with van der Waals surface area (Å²) in [6.07, 6.45) is 1.43. The van der Waals surface area contributed by atoms with E-state index in [1.165, 1.54) is 13.2 Å². The van der Waals surface area contributed by atoms with Crippen LogP contribution in [0.25, 0.3) is 0 Å². The Balaban J connectivity index is 1.44. The smallest absolute Gasteiger partial charge is 0.342 e. The number of amides is 6. The van der Waals surface area contributed by atoms with E-state index in [1.54, 1.807) is 17.6 Å². The molecule has 2 aromatic rings. The van der Waals surface area contributed by atoms with Crippen LogP contribution in [0.1, 0.15) is 36.1 Å². The van der Waals surface area contributed by atoms with Gasteiger partial charge >= 0.3 is 24.1 Å². The van der Waals surface area contributed by atoms with Crippen molar-refractivity contribution < 1.29 is 42.6 Å². The van der Waals surface area contributed by atoms with Crippen molar-refractivity contribution in [2.45, 2.75) is 31.0 Å². The van der Waals surface area contributed by atoms with Gasteiger partial charge in [0.2, 0.25) is 0 Å². The lowest BCUT2D eigenvalue weighted by Gasteiger charge is -2.36. The van der Waals surface area contributed by atoms with Gasteiger partial charge in [0.05, 0.1) is 25.0 Å². The summed E-state index contributed by atoms with van der Waals surface area (Å²) in [4.78, 5) is 51.8. The lowest BCUT2D eigenvalue weighted by molar-refractivity contribution is -0.137. The van der Waals surface area contributed by atoms with Crippen molar-refractivity contribution in [3.63, 3.8) is 0 Å². The molecule has 2 heterocycles. The number of urea groups is 3. The van der Waals surface area contributed by atoms with Crippen LogP contribution in [0.15, 0.2) is 53.7 Å². The monoisotopic (exact) mass is 631 g/mol. The van der Waals surface area contributed by atoms with Crippen LogP contribution in [-0.4, -0.2) is 80.7 Å². The third-order valence-electron chi connectivity index (χ3n) is 7.43. The number of imide groups is 1. The van der Waals surface area contributed by atoms with Crippen LogP contribution in [-0.2, 0) is 14.3 Å². The van der Waals surface area contributed by atoms with E-state index >= 15 is 0 Å². The van der Waals surface area contributed by atoms with E-state index in [9.17, 15) is 28.0 Å². The number of carbonyl (C=O) groups is 4. The van der Waals surface area contributed by atoms with Gasteiger partial charge in [0.15, 0.2) is 11.6 Å². The number of hydrogen-bond donors (Lipinski definition) is 7. The fourth-order valence-corrected chi connectivity index (χ4v) is 5.41. The van der Waals surface area contributed by atoms with E-state index in [-0.39, 0.29) is 42.1 Å². The highest BCUT2D eigenvalue weighted by Crippen LogP contribution is 2.35. The molecule has 1 fully saturated rings. The zero-order valence-electron chi connectivity index (χ0n) is 24.6. The van der Waals surface area contributed by atoms with Crippen LogP contribution in [0.2, 0.25) is 0 Å². The highest BCUT2D eigenvalue weighted by atomic mass is 19.2. The Kier molecular flexibility index (Phi) is 11.4. The Morgan fingerprint density at radius 2 is 1.87 bits per heavy atom. The minimum atomic E-state index is -1.44. The second-order valence-corrected chi connectivity index (χ2v) is 10.3. The first-order chi connectivity index (χ1) is 21.7. The molecule has 2 aliphatic heterocycles. The molecule has 45 heavy (non-hydrogen) atoms. The number of nitrogens with one attached hydrogen (secondary N) is 6. The summed E-state index contributed by atoms with van der Waals surface area (Å²) >= 11 is 0. The zero-order valence-corrected chi connectivity index (χ0v) is 24.6. The maximum Gasteiger partial charge on any atom is 0.342 e. The number of piperidine rings is 1. The summed E-state index contributed by atoms with van der Waals surface area (Å²) in [5.74, 6) is -3.27. The Labute approximate surface area is 257 Å². The Morgan fingerprint density at radius 3 is 2.58 bits per heavy atom. The van der Waals surface area contributed by atoms with Crippen molar-refractivity contribution in [2.24, 2.45) is 0 Å². The van der Waals surface area contributed by atoms with E-state index in [1.807, 2.05) is 12.1 Å². The van der Waals surface area contributed by atoms with Crippen molar-refractivity contribution in [3.8, 4) is 0 Å². The number of halogens is 2. The molecule has 0 aromatic heterocycles. The topological polar surface area (TPSA) is 182 Å². The highest BCUT2D eigenvalue weighted by Gasteiger charge is 2.43. The summed E-state index contributed by atoms with van der Waals surface area (Å²) in [7, 11) is 2.45. The van der Waals surface area contributed by atoms with Gasteiger partial charge in [-0.3, -0.25) is 5.21 Å². The molecule has 0 saturated carbocycles. The number of esters is 1. The average Bonchev–Trinajstić information content (AvgIpc) is 3.04. The molecule has 7 N–H and O–H groups in total. The quantitative estimate of drug-likeness (QED) is 0.0896. The third kappa shape index (κ3) is 7.91. The fourth-order valence-electron chi connectivity index (χ4n) is 5.41. The molecular formula is C29H35F2N7O7. The molecule has 4 rings (SSSR count). The predicted molar refractivity (Wildman–Crippen MR) is 156 cm³/mol. The summed E-state index contributed by atoms with van der Waals surface area (Å²) in [6.45, 7) is 0.849. The van der Waals surface area contributed by atoms with Gasteiger partial charge in [0, 0.05) is 38.0 Å². The number of nitrogens with zero attached hydrogens (tertiary/aromatic N) is 1. The van der Waals surface area contributed by atoms with Gasteiger partial charge in [-0.1, -0.05) is 24.3 Å². The number of hydrogen-bond acceptors (Lipinski definition) is 9. The van der Waals surface area contributed by atoms with E-state index in [2.05, 4.69) is 26.6 Å². The number of benzene rings is 2. The number of anilines is 1. The molecule has 3 atom stereocenters. The number of ether oxygens (including phenoxy) is 2. The molecular weight excluding hydrogens is 596 g/mol. The summed E-state index contributed by atoms with van der Waals surface area (Å²) in [5.41, 5.74) is 2.74. The van der Waals surface area contributed by atoms with Crippen LogP contribution < -0.4 is 32.1 Å². The molecule has 0 bridgehead atoms. The second-order valence-electron chi connectivity index (χ2n) is 10.3. The SMILES string of the molecule is COCC1=C(C(=O)OC)[C@H](c2ccc(F)c(F)c2)N(C(=O)NCCNC2CCNC(c3ccccc3NC(=O)NO)C2)C(=O)N1. The summed E-state index contributed by atoms with van der Waals surface area (Å²) < 4.78 is 38.0. The van der Waals surface area contributed by atoms with E-state index in [4.69, 9.17) is 14.7 Å². The number of carbonyl (C=O) groups excluding carboxylic acids is 4. The van der Waals surface area contributed by atoms with Gasteiger partial charge in [-0.25, -0.2) is 38.3 Å². The Morgan fingerprint density at radius 1 is 1.09 bits per heavy atom. The first-order valence-electron chi connectivity index (χ1n) is 14.1. The largest absolute Gasteiger partial charge is 0.466 e. The lowest BCUT2D eigenvalue weighted by Crippen LogP contribution is -2.56. The molecule has 6 amide bonds. The summed E-state index contributed by atoms with van der Waals surface area (Å²) in [5, 5.41) is 23.4. The average molecular weight is 632 g/mol. The number of hydroxylamine groups is 1. The normalized spacial score (nSPS) is 19.9. The van der Waals surface area contributed by atoms with Crippen LogP contribution in [0, 0.1) is 11.6 Å². The third-order valence-corrected chi connectivity index (χ3v) is 7.43. The molecule has 1 saturated heterocycles. The van der Waals surface area contributed by atoms with Gasteiger partial charge in [-0.2, -0.15) is 0 Å².